The van der Waals surface area contributed by atoms with Gasteiger partial charge in [-0.1, -0.05) is 42.0 Å². The van der Waals surface area contributed by atoms with Crippen LogP contribution in [0.4, 0.5) is 4.39 Å². The van der Waals surface area contributed by atoms with Gasteiger partial charge in [-0.15, -0.1) is 0 Å². The molecule has 4 rings (SSSR count). The average Bonchev–Trinajstić information content (AvgIpc) is 3.00. The zero-order valence-electron chi connectivity index (χ0n) is 17.4. The Morgan fingerprint density at radius 1 is 1.17 bits per heavy atom. The molecule has 3 atom stereocenters. The van der Waals surface area contributed by atoms with Crippen LogP contribution in [0.2, 0.25) is 0 Å². The van der Waals surface area contributed by atoms with Crippen LogP contribution in [0.5, 0.6) is 0 Å². The van der Waals surface area contributed by atoms with Crippen molar-refractivity contribution < 1.29 is 19.0 Å². The van der Waals surface area contributed by atoms with Gasteiger partial charge >= 0.3 is 5.97 Å². The molecule has 0 bridgehead atoms. The van der Waals surface area contributed by atoms with Gasteiger partial charge in [0.1, 0.15) is 11.9 Å². The number of aliphatic hydroxyl groups excluding tert-OH is 1. The molecule has 2 aromatic rings. The highest BCUT2D eigenvalue weighted by molar-refractivity contribution is 5.90. The van der Waals surface area contributed by atoms with Crippen LogP contribution in [0.3, 0.4) is 0 Å². The van der Waals surface area contributed by atoms with Gasteiger partial charge in [-0.05, 0) is 67.1 Å². The quantitative estimate of drug-likeness (QED) is 0.773. The number of carbonyl (C=O) groups excluding carboxylic acids is 1. The van der Waals surface area contributed by atoms with E-state index >= 15 is 0 Å². The molecule has 0 saturated carbocycles. The summed E-state index contributed by atoms with van der Waals surface area (Å²) < 4.78 is 19.0. The predicted octanol–water partition coefficient (Wildman–Crippen LogP) is 4.18. The van der Waals surface area contributed by atoms with Gasteiger partial charge in [0.25, 0.3) is 0 Å². The molecule has 5 heteroatoms. The minimum atomic E-state index is -0.681. The predicted molar refractivity (Wildman–Crippen MR) is 114 cm³/mol. The highest BCUT2D eigenvalue weighted by Gasteiger charge is 2.33. The van der Waals surface area contributed by atoms with Gasteiger partial charge in [-0.25, -0.2) is 4.39 Å². The van der Waals surface area contributed by atoms with Gasteiger partial charge in [0, 0.05) is 6.42 Å². The third-order valence-corrected chi connectivity index (χ3v) is 5.69. The van der Waals surface area contributed by atoms with Gasteiger partial charge in [-0.3, -0.25) is 9.69 Å². The summed E-state index contributed by atoms with van der Waals surface area (Å²) in [6, 6.07) is 13.0. The Morgan fingerprint density at radius 2 is 1.90 bits per heavy atom. The highest BCUT2D eigenvalue weighted by Crippen LogP contribution is 2.47. The zero-order valence-corrected chi connectivity index (χ0v) is 17.4. The largest absolute Gasteiger partial charge is 0.458 e. The smallest absolute Gasteiger partial charge is 0.309 e. The van der Waals surface area contributed by atoms with E-state index in [1.807, 2.05) is 26.2 Å². The molecule has 0 spiro atoms. The van der Waals surface area contributed by atoms with Crippen LogP contribution in [0.25, 0.3) is 5.57 Å². The third kappa shape index (κ3) is 3.95. The molecule has 1 heterocycles. The molecule has 1 unspecified atom stereocenters. The summed E-state index contributed by atoms with van der Waals surface area (Å²) in [6.07, 6.45) is 3.14. The molecule has 1 N–H and O–H groups in total. The number of esters is 1. The molecule has 156 valence electrons. The second-order valence-corrected chi connectivity index (χ2v) is 8.28. The number of halogens is 1. The van der Waals surface area contributed by atoms with Crippen molar-refractivity contribution in [3.8, 4) is 0 Å². The number of hydrogen-bond acceptors (Lipinski definition) is 4. The molecule has 4 nitrogen and oxygen atoms in total. The van der Waals surface area contributed by atoms with Crippen LogP contribution in [0.1, 0.15) is 41.1 Å². The van der Waals surface area contributed by atoms with Gasteiger partial charge in [0.2, 0.25) is 0 Å². The summed E-state index contributed by atoms with van der Waals surface area (Å²) in [5.74, 6) is -0.656. The van der Waals surface area contributed by atoms with Crippen LogP contribution in [-0.4, -0.2) is 42.3 Å². The molecule has 30 heavy (non-hydrogen) atoms. The summed E-state index contributed by atoms with van der Waals surface area (Å²) in [5, 5.41) is 9.92. The van der Waals surface area contributed by atoms with Gasteiger partial charge in [0.05, 0.1) is 18.6 Å². The van der Waals surface area contributed by atoms with E-state index in [-0.39, 0.29) is 24.2 Å². The number of likely N-dealkylation sites (N-methyl/N-ethyl adjacent to an activating group) is 1. The van der Waals surface area contributed by atoms with E-state index in [1.54, 1.807) is 12.1 Å². The molecule has 0 aromatic heterocycles. The Labute approximate surface area is 176 Å². The number of aliphatic hydroxyl groups is 1. The monoisotopic (exact) mass is 407 g/mol. The Bertz CT molecular complexity index is 1020. The van der Waals surface area contributed by atoms with Crippen molar-refractivity contribution in [2.75, 3.05) is 14.1 Å². The van der Waals surface area contributed by atoms with Crippen molar-refractivity contribution in [2.45, 2.75) is 38.0 Å². The van der Waals surface area contributed by atoms with Crippen LogP contribution < -0.4 is 0 Å². The lowest BCUT2D eigenvalue weighted by Crippen LogP contribution is -2.31. The second kappa shape index (κ2) is 8.17. The SMILES string of the molecule is Cc1ccc2c(c1)C(c1ccc(F)cc1)=C(/C=C/[C@@H]1C[C@@H](O)CC(=O)O1)C2N(C)C. The first-order valence-electron chi connectivity index (χ1n) is 10.2. The van der Waals surface area contributed by atoms with E-state index in [0.29, 0.717) is 6.42 Å². The van der Waals surface area contributed by atoms with Crippen LogP contribution in [0, 0.1) is 12.7 Å². The Balaban J connectivity index is 1.84. The van der Waals surface area contributed by atoms with Crippen molar-refractivity contribution in [1.82, 2.24) is 4.90 Å². The second-order valence-electron chi connectivity index (χ2n) is 8.28. The summed E-state index contributed by atoms with van der Waals surface area (Å²) in [4.78, 5) is 13.9. The molecule has 1 aliphatic heterocycles. The number of fused-ring (bicyclic) bond motifs is 1. The summed E-state index contributed by atoms with van der Waals surface area (Å²) >= 11 is 0. The highest BCUT2D eigenvalue weighted by atomic mass is 19.1. The molecule has 1 saturated heterocycles. The zero-order chi connectivity index (χ0) is 21.4. The first-order chi connectivity index (χ1) is 14.3. The maximum atomic E-state index is 13.6. The summed E-state index contributed by atoms with van der Waals surface area (Å²) in [5.41, 5.74) is 6.51. The number of hydrogen-bond donors (Lipinski definition) is 1. The Kier molecular flexibility index (Phi) is 5.58. The summed E-state index contributed by atoms with van der Waals surface area (Å²) in [6.45, 7) is 2.06. The van der Waals surface area contributed by atoms with E-state index < -0.39 is 12.2 Å². The van der Waals surface area contributed by atoms with Crippen molar-refractivity contribution in [3.63, 3.8) is 0 Å². The van der Waals surface area contributed by atoms with Crippen molar-refractivity contribution in [2.24, 2.45) is 0 Å². The lowest BCUT2D eigenvalue weighted by Gasteiger charge is -2.25. The van der Waals surface area contributed by atoms with E-state index in [9.17, 15) is 14.3 Å². The molecule has 2 aliphatic rings. The van der Waals surface area contributed by atoms with Crippen LogP contribution in [0.15, 0.2) is 60.2 Å². The van der Waals surface area contributed by atoms with E-state index in [4.69, 9.17) is 4.74 Å². The van der Waals surface area contributed by atoms with E-state index in [0.717, 1.165) is 27.8 Å². The minimum Gasteiger partial charge on any atom is -0.458 e. The molecule has 0 radical (unpaired) electrons. The molecule has 0 amide bonds. The number of nitrogens with zero attached hydrogens (tertiary/aromatic N) is 1. The van der Waals surface area contributed by atoms with E-state index in [2.05, 4.69) is 30.0 Å². The normalized spacial score (nSPS) is 23.9. The third-order valence-electron chi connectivity index (χ3n) is 5.69. The molecule has 1 aliphatic carbocycles. The molecule has 1 fully saturated rings. The standard InChI is InChI=1S/C25H26FNO3/c1-15-4-10-20-22(12-15)24(16-5-7-17(26)8-6-16)21(25(20)27(2)3)11-9-19-13-18(28)14-23(29)30-19/h4-12,18-19,25,28H,13-14H2,1-3H3/b11-9+/t18-,19-,25?/m1/s1. The van der Waals surface area contributed by atoms with Gasteiger partial charge in [0.15, 0.2) is 0 Å². The van der Waals surface area contributed by atoms with Crippen molar-refractivity contribution >= 4 is 11.5 Å². The lowest BCUT2D eigenvalue weighted by molar-refractivity contribution is -0.156. The molecular formula is C25H26FNO3. The number of carbonyl (C=O) groups is 1. The first-order valence-corrected chi connectivity index (χ1v) is 10.2. The maximum absolute atomic E-state index is 13.6. The maximum Gasteiger partial charge on any atom is 0.309 e. The van der Waals surface area contributed by atoms with Crippen molar-refractivity contribution in [1.29, 1.82) is 0 Å². The fourth-order valence-corrected chi connectivity index (χ4v) is 4.39. The average molecular weight is 407 g/mol. The Hall–Kier alpha value is -2.76. The lowest BCUT2D eigenvalue weighted by atomic mass is 9.96. The number of benzene rings is 2. The molecule has 2 aromatic carbocycles. The Morgan fingerprint density at radius 3 is 2.57 bits per heavy atom. The van der Waals surface area contributed by atoms with Crippen LogP contribution >= 0.6 is 0 Å². The topological polar surface area (TPSA) is 49.8 Å². The van der Waals surface area contributed by atoms with Crippen LogP contribution in [-0.2, 0) is 9.53 Å². The minimum absolute atomic E-state index is 0.0149. The van der Waals surface area contributed by atoms with Gasteiger partial charge in [-0.2, -0.15) is 0 Å². The fourth-order valence-electron chi connectivity index (χ4n) is 4.39. The number of aryl methyl sites for hydroxylation is 1. The number of rotatable bonds is 4. The fraction of sp³-hybridized carbons (Fsp3) is 0.320. The van der Waals surface area contributed by atoms with Gasteiger partial charge < -0.3 is 9.84 Å². The number of ether oxygens (including phenoxy) is 1. The molecular weight excluding hydrogens is 381 g/mol. The first kappa shape index (κ1) is 20.5. The van der Waals surface area contributed by atoms with E-state index in [1.165, 1.54) is 17.7 Å². The number of cyclic esters (lactones) is 1. The van der Waals surface area contributed by atoms with Crippen molar-refractivity contribution in [3.05, 3.63) is 88.3 Å². The summed E-state index contributed by atoms with van der Waals surface area (Å²) in [7, 11) is 4.06.